The van der Waals surface area contributed by atoms with E-state index >= 15 is 0 Å². The van der Waals surface area contributed by atoms with Crippen LogP contribution in [0, 0.1) is 0 Å². The van der Waals surface area contributed by atoms with E-state index in [0.29, 0.717) is 0 Å². The Morgan fingerprint density at radius 3 is 2.33 bits per heavy atom. The van der Waals surface area contributed by atoms with Crippen molar-refractivity contribution in [1.82, 2.24) is 4.57 Å². The predicted molar refractivity (Wildman–Crippen MR) is 57.9 cm³/mol. The molecule has 0 aliphatic heterocycles. The van der Waals surface area contributed by atoms with Gasteiger partial charge < -0.3 is 4.57 Å². The largest absolute Gasteiger partial charge is 0.324 e. The molecular formula is C10H21NSi. The molecule has 1 aliphatic rings. The van der Waals surface area contributed by atoms with Crippen LogP contribution in [0.5, 0.6) is 0 Å². The van der Waals surface area contributed by atoms with Crippen molar-refractivity contribution in [2.75, 3.05) is 7.05 Å². The van der Waals surface area contributed by atoms with Crippen LogP contribution in [0.1, 0.15) is 19.3 Å². The number of allylic oxidation sites excluding steroid dienone is 1. The van der Waals surface area contributed by atoms with Gasteiger partial charge in [0.05, 0.1) is 0 Å². The fourth-order valence-electron chi connectivity index (χ4n) is 1.68. The van der Waals surface area contributed by atoms with Crippen molar-refractivity contribution >= 4 is 8.24 Å². The number of hydrogen-bond acceptors (Lipinski definition) is 1. The lowest BCUT2D eigenvalue weighted by atomic mass is 10.0. The van der Waals surface area contributed by atoms with Crippen LogP contribution in [0.2, 0.25) is 19.6 Å². The van der Waals surface area contributed by atoms with E-state index in [0.717, 1.165) is 6.04 Å². The zero-order chi connectivity index (χ0) is 9.19. The van der Waals surface area contributed by atoms with Gasteiger partial charge >= 0.3 is 0 Å². The molecule has 0 bridgehead atoms. The van der Waals surface area contributed by atoms with Gasteiger partial charge in [0, 0.05) is 6.04 Å². The van der Waals surface area contributed by atoms with E-state index in [1.807, 2.05) is 0 Å². The number of hydrogen-bond donors (Lipinski definition) is 0. The molecule has 1 aliphatic carbocycles. The second kappa shape index (κ2) is 3.75. The molecule has 0 saturated heterocycles. The molecule has 70 valence electrons. The van der Waals surface area contributed by atoms with Crippen LogP contribution in [0.25, 0.3) is 0 Å². The molecule has 0 aromatic heterocycles. The molecule has 0 heterocycles. The van der Waals surface area contributed by atoms with Crippen LogP contribution >= 0.6 is 0 Å². The highest BCUT2D eigenvalue weighted by molar-refractivity contribution is 6.73. The highest BCUT2D eigenvalue weighted by Gasteiger charge is 2.26. The van der Waals surface area contributed by atoms with E-state index in [1.54, 1.807) is 0 Å². The van der Waals surface area contributed by atoms with Crippen LogP contribution in [-0.4, -0.2) is 25.9 Å². The monoisotopic (exact) mass is 183 g/mol. The van der Waals surface area contributed by atoms with Gasteiger partial charge in [0.15, 0.2) is 0 Å². The fourth-order valence-corrected chi connectivity index (χ4v) is 3.01. The van der Waals surface area contributed by atoms with Gasteiger partial charge in [0.1, 0.15) is 8.24 Å². The molecule has 0 N–H and O–H groups in total. The Kier molecular flexibility index (Phi) is 3.13. The minimum atomic E-state index is -1.05. The molecule has 1 rings (SSSR count). The van der Waals surface area contributed by atoms with Crippen molar-refractivity contribution in [3.05, 3.63) is 12.2 Å². The zero-order valence-corrected chi connectivity index (χ0v) is 9.80. The predicted octanol–water partition coefficient (Wildman–Crippen LogP) is 2.86. The average Bonchev–Trinajstić information content (AvgIpc) is 2.03. The Hall–Kier alpha value is -0.0831. The van der Waals surface area contributed by atoms with Gasteiger partial charge in [-0.25, -0.2) is 0 Å². The first kappa shape index (κ1) is 10.0. The van der Waals surface area contributed by atoms with Gasteiger partial charge in [-0.1, -0.05) is 31.8 Å². The molecule has 0 amide bonds. The Balaban J connectivity index is 2.52. The Labute approximate surface area is 77.5 Å². The summed E-state index contributed by atoms with van der Waals surface area (Å²) in [6.07, 6.45) is 8.55. The molecule has 0 saturated carbocycles. The number of nitrogens with zero attached hydrogens (tertiary/aromatic N) is 1. The van der Waals surface area contributed by atoms with Crippen molar-refractivity contribution in [1.29, 1.82) is 0 Å². The first-order valence-electron chi connectivity index (χ1n) is 4.90. The summed E-state index contributed by atoms with van der Waals surface area (Å²) >= 11 is 0. The average molecular weight is 183 g/mol. The van der Waals surface area contributed by atoms with Crippen molar-refractivity contribution in [2.45, 2.75) is 44.9 Å². The summed E-state index contributed by atoms with van der Waals surface area (Å²) in [4.78, 5) is 0. The maximum Gasteiger partial charge on any atom is 0.119 e. The van der Waals surface area contributed by atoms with E-state index in [4.69, 9.17) is 0 Å². The maximum absolute atomic E-state index is 2.64. The van der Waals surface area contributed by atoms with Gasteiger partial charge in [-0.05, 0) is 26.3 Å². The van der Waals surface area contributed by atoms with Crippen LogP contribution < -0.4 is 0 Å². The van der Waals surface area contributed by atoms with Gasteiger partial charge in [0.2, 0.25) is 0 Å². The van der Waals surface area contributed by atoms with Crippen molar-refractivity contribution in [3.63, 3.8) is 0 Å². The van der Waals surface area contributed by atoms with Crippen LogP contribution in [0.3, 0.4) is 0 Å². The summed E-state index contributed by atoms with van der Waals surface area (Å²) in [5.41, 5.74) is 0. The van der Waals surface area contributed by atoms with Crippen LogP contribution in [0.4, 0.5) is 0 Å². The quantitative estimate of drug-likeness (QED) is 0.470. The summed E-state index contributed by atoms with van der Waals surface area (Å²) < 4.78 is 2.64. The molecule has 1 nitrogen and oxygen atoms in total. The lowest BCUT2D eigenvalue weighted by Crippen LogP contribution is -2.49. The maximum atomic E-state index is 2.64. The second-order valence-electron chi connectivity index (χ2n) is 4.72. The third-order valence-electron chi connectivity index (χ3n) is 2.85. The summed E-state index contributed by atoms with van der Waals surface area (Å²) in [6.45, 7) is 7.27. The summed E-state index contributed by atoms with van der Waals surface area (Å²) in [6, 6.07) is 0.821. The molecule has 0 radical (unpaired) electrons. The minimum absolute atomic E-state index is 0.821. The molecule has 1 unspecified atom stereocenters. The molecular weight excluding hydrogens is 162 g/mol. The Bertz CT molecular complexity index is 169. The Morgan fingerprint density at radius 2 is 1.92 bits per heavy atom. The SMILES string of the molecule is CN(C1CC=CCC1)[Si](C)(C)C. The van der Waals surface area contributed by atoms with Gasteiger partial charge in [-0.3, -0.25) is 0 Å². The van der Waals surface area contributed by atoms with E-state index in [2.05, 4.69) is 43.4 Å². The molecule has 0 aromatic carbocycles. The standard InChI is InChI=1S/C10H21NSi/c1-11(12(2,3)4)10-8-6-5-7-9-10/h5-6,10H,7-9H2,1-4H3. The van der Waals surface area contributed by atoms with Gasteiger partial charge in [-0.15, -0.1) is 0 Å². The first-order chi connectivity index (χ1) is 5.52. The molecule has 2 heteroatoms. The zero-order valence-electron chi connectivity index (χ0n) is 8.80. The van der Waals surface area contributed by atoms with E-state index in [-0.39, 0.29) is 0 Å². The molecule has 0 fully saturated rings. The smallest absolute Gasteiger partial charge is 0.119 e. The highest BCUT2D eigenvalue weighted by atomic mass is 28.3. The fraction of sp³-hybridized carbons (Fsp3) is 0.800. The van der Waals surface area contributed by atoms with Crippen molar-refractivity contribution in [2.24, 2.45) is 0 Å². The molecule has 12 heavy (non-hydrogen) atoms. The van der Waals surface area contributed by atoms with E-state index in [9.17, 15) is 0 Å². The summed E-state index contributed by atoms with van der Waals surface area (Å²) in [5, 5.41) is 0. The second-order valence-corrected chi connectivity index (χ2v) is 9.77. The normalized spacial score (nSPS) is 24.9. The van der Waals surface area contributed by atoms with Crippen molar-refractivity contribution < 1.29 is 0 Å². The van der Waals surface area contributed by atoms with Crippen molar-refractivity contribution in [3.8, 4) is 0 Å². The van der Waals surface area contributed by atoms with Gasteiger partial charge in [0.25, 0.3) is 0 Å². The van der Waals surface area contributed by atoms with E-state index in [1.165, 1.54) is 19.3 Å². The highest BCUT2D eigenvalue weighted by Crippen LogP contribution is 2.20. The third kappa shape index (κ3) is 2.46. The Morgan fingerprint density at radius 1 is 1.25 bits per heavy atom. The minimum Gasteiger partial charge on any atom is -0.324 e. The summed E-state index contributed by atoms with van der Waals surface area (Å²) in [5.74, 6) is 0. The lowest BCUT2D eigenvalue weighted by Gasteiger charge is -2.38. The first-order valence-corrected chi connectivity index (χ1v) is 8.34. The third-order valence-corrected chi connectivity index (χ3v) is 5.33. The molecule has 1 atom stereocenters. The van der Waals surface area contributed by atoms with E-state index < -0.39 is 8.24 Å². The topological polar surface area (TPSA) is 3.24 Å². The lowest BCUT2D eigenvalue weighted by molar-refractivity contribution is 0.344. The van der Waals surface area contributed by atoms with Gasteiger partial charge in [-0.2, -0.15) is 0 Å². The van der Waals surface area contributed by atoms with Crippen LogP contribution in [0.15, 0.2) is 12.2 Å². The molecule has 0 spiro atoms. The number of rotatable bonds is 2. The molecule has 0 aromatic rings. The summed E-state index contributed by atoms with van der Waals surface area (Å²) in [7, 11) is 1.25. The van der Waals surface area contributed by atoms with Crippen LogP contribution in [-0.2, 0) is 0 Å².